The summed E-state index contributed by atoms with van der Waals surface area (Å²) in [6.07, 6.45) is 2.45. The van der Waals surface area contributed by atoms with Crippen LogP contribution in [0, 0.1) is 0 Å². The normalized spacial score (nSPS) is 20.7. The number of hydrogen-bond donors (Lipinski definition) is 1. The van der Waals surface area contributed by atoms with Crippen LogP contribution in [0.25, 0.3) is 0 Å². The van der Waals surface area contributed by atoms with Crippen LogP contribution in [0.1, 0.15) is 12.8 Å². The summed E-state index contributed by atoms with van der Waals surface area (Å²) in [5.74, 6) is 0.905. The molecule has 82 valence electrons. The minimum atomic E-state index is 0.512. The lowest BCUT2D eigenvalue weighted by Gasteiger charge is -2.25. The van der Waals surface area contributed by atoms with Crippen LogP contribution in [0.5, 0.6) is 5.75 Å². The first-order valence-corrected chi connectivity index (χ1v) is 5.46. The maximum Gasteiger partial charge on any atom is 0.119 e. The fraction of sp³-hybridized carbons (Fsp3) is 0.500. The van der Waals surface area contributed by atoms with Crippen molar-refractivity contribution >= 4 is 5.69 Å². The number of benzene rings is 1. The van der Waals surface area contributed by atoms with Gasteiger partial charge in [-0.1, -0.05) is 0 Å². The first-order chi connectivity index (χ1) is 7.35. The number of ether oxygens (including phenoxy) is 1. The van der Waals surface area contributed by atoms with Gasteiger partial charge in [0.25, 0.3) is 0 Å². The lowest BCUT2D eigenvalue weighted by Crippen LogP contribution is -2.35. The molecular weight excluding hydrogens is 188 g/mol. The van der Waals surface area contributed by atoms with Gasteiger partial charge in [0.15, 0.2) is 0 Å². The summed E-state index contributed by atoms with van der Waals surface area (Å²) in [5, 5.41) is 0. The van der Waals surface area contributed by atoms with Gasteiger partial charge in [0.2, 0.25) is 0 Å². The Morgan fingerprint density at radius 1 is 1.40 bits per heavy atom. The molecule has 15 heavy (non-hydrogen) atoms. The second-order valence-electron chi connectivity index (χ2n) is 3.92. The highest BCUT2D eigenvalue weighted by Gasteiger charge is 2.22. The van der Waals surface area contributed by atoms with E-state index in [4.69, 9.17) is 10.5 Å². The molecule has 0 radical (unpaired) electrons. The lowest BCUT2D eigenvalue weighted by atomic mass is 10.2. The molecule has 2 N–H and O–H groups in total. The predicted molar refractivity (Wildman–Crippen MR) is 62.4 cm³/mol. The van der Waals surface area contributed by atoms with Gasteiger partial charge in [0, 0.05) is 24.8 Å². The van der Waals surface area contributed by atoms with Crippen molar-refractivity contribution < 1.29 is 4.74 Å². The third kappa shape index (κ3) is 2.07. The molecule has 1 fully saturated rings. The van der Waals surface area contributed by atoms with Gasteiger partial charge in [-0.05, 0) is 37.1 Å². The Morgan fingerprint density at radius 2 is 2.13 bits per heavy atom. The minimum Gasteiger partial charge on any atom is -0.497 e. The van der Waals surface area contributed by atoms with Gasteiger partial charge in [-0.15, -0.1) is 0 Å². The van der Waals surface area contributed by atoms with Gasteiger partial charge < -0.3 is 15.4 Å². The van der Waals surface area contributed by atoms with E-state index < -0.39 is 0 Å². The van der Waals surface area contributed by atoms with Crippen molar-refractivity contribution in [1.29, 1.82) is 0 Å². The zero-order chi connectivity index (χ0) is 10.7. The van der Waals surface area contributed by atoms with Crippen molar-refractivity contribution in [2.24, 2.45) is 5.73 Å². The predicted octanol–water partition coefficient (Wildman–Crippen LogP) is 1.62. The molecule has 0 saturated carbocycles. The summed E-state index contributed by atoms with van der Waals surface area (Å²) in [7, 11) is 1.69. The molecule has 3 nitrogen and oxygen atoms in total. The molecule has 0 spiro atoms. The quantitative estimate of drug-likeness (QED) is 0.816. The van der Waals surface area contributed by atoms with E-state index in [2.05, 4.69) is 17.0 Å². The van der Waals surface area contributed by atoms with E-state index in [-0.39, 0.29) is 0 Å². The van der Waals surface area contributed by atoms with Crippen LogP contribution in [-0.4, -0.2) is 26.2 Å². The zero-order valence-corrected chi connectivity index (χ0v) is 9.15. The van der Waals surface area contributed by atoms with Crippen molar-refractivity contribution in [2.75, 3.05) is 25.1 Å². The van der Waals surface area contributed by atoms with E-state index in [1.54, 1.807) is 7.11 Å². The van der Waals surface area contributed by atoms with Crippen molar-refractivity contribution in [3.63, 3.8) is 0 Å². The number of hydrogen-bond acceptors (Lipinski definition) is 3. The second-order valence-corrected chi connectivity index (χ2v) is 3.92. The molecule has 1 aromatic carbocycles. The Balaban J connectivity index is 2.14. The lowest BCUT2D eigenvalue weighted by molar-refractivity contribution is 0.415. The summed E-state index contributed by atoms with van der Waals surface area (Å²) in [6.45, 7) is 1.86. The molecule has 0 unspecified atom stereocenters. The van der Waals surface area contributed by atoms with Gasteiger partial charge in [0.05, 0.1) is 7.11 Å². The molecule has 0 aliphatic carbocycles. The molecule has 1 aliphatic rings. The van der Waals surface area contributed by atoms with E-state index >= 15 is 0 Å². The molecule has 0 amide bonds. The molecule has 0 bridgehead atoms. The van der Waals surface area contributed by atoms with E-state index in [1.165, 1.54) is 18.5 Å². The Labute approximate surface area is 90.8 Å². The maximum atomic E-state index is 5.75. The Bertz CT molecular complexity index is 310. The molecule has 2 rings (SSSR count). The fourth-order valence-corrected chi connectivity index (χ4v) is 2.19. The summed E-state index contributed by atoms with van der Waals surface area (Å²) in [5.41, 5.74) is 7.00. The number of nitrogens with two attached hydrogens (primary N) is 1. The van der Waals surface area contributed by atoms with E-state index in [0.717, 1.165) is 18.8 Å². The van der Waals surface area contributed by atoms with Crippen LogP contribution < -0.4 is 15.4 Å². The molecule has 1 saturated heterocycles. The summed E-state index contributed by atoms with van der Waals surface area (Å²) in [6, 6.07) is 8.72. The number of rotatable bonds is 3. The van der Waals surface area contributed by atoms with Crippen LogP contribution in [0.3, 0.4) is 0 Å². The average molecular weight is 206 g/mol. The first-order valence-electron chi connectivity index (χ1n) is 5.46. The van der Waals surface area contributed by atoms with Gasteiger partial charge in [0.1, 0.15) is 5.75 Å². The standard InChI is InChI=1S/C12H18N2O/c1-15-12-6-4-10(5-7-12)14-8-2-3-11(14)9-13/h4-7,11H,2-3,8-9,13H2,1H3/t11-/m0/s1. The third-order valence-electron chi connectivity index (χ3n) is 3.05. The molecule has 1 heterocycles. The van der Waals surface area contributed by atoms with Crippen LogP contribution in [0.2, 0.25) is 0 Å². The SMILES string of the molecule is COc1ccc(N2CCC[C@H]2CN)cc1. The Morgan fingerprint density at radius 3 is 2.73 bits per heavy atom. The number of anilines is 1. The van der Waals surface area contributed by atoms with Crippen molar-refractivity contribution in [3.8, 4) is 5.75 Å². The molecule has 1 aromatic rings. The highest BCUT2D eigenvalue weighted by atomic mass is 16.5. The monoisotopic (exact) mass is 206 g/mol. The zero-order valence-electron chi connectivity index (χ0n) is 9.15. The van der Waals surface area contributed by atoms with E-state index in [0.29, 0.717) is 6.04 Å². The number of methoxy groups -OCH3 is 1. The average Bonchev–Trinajstić information content (AvgIpc) is 2.77. The van der Waals surface area contributed by atoms with Crippen molar-refractivity contribution in [2.45, 2.75) is 18.9 Å². The van der Waals surface area contributed by atoms with Crippen LogP contribution >= 0.6 is 0 Å². The Hall–Kier alpha value is -1.22. The molecule has 0 aromatic heterocycles. The minimum absolute atomic E-state index is 0.512. The van der Waals surface area contributed by atoms with Gasteiger partial charge in [-0.2, -0.15) is 0 Å². The van der Waals surface area contributed by atoms with Gasteiger partial charge >= 0.3 is 0 Å². The van der Waals surface area contributed by atoms with Crippen molar-refractivity contribution in [1.82, 2.24) is 0 Å². The van der Waals surface area contributed by atoms with E-state index in [1.807, 2.05) is 12.1 Å². The third-order valence-corrected chi connectivity index (χ3v) is 3.05. The second kappa shape index (κ2) is 4.53. The number of nitrogens with zero attached hydrogens (tertiary/aromatic N) is 1. The summed E-state index contributed by atoms with van der Waals surface area (Å²) < 4.78 is 5.14. The maximum absolute atomic E-state index is 5.75. The topological polar surface area (TPSA) is 38.5 Å². The molecular formula is C12H18N2O. The first kappa shape index (κ1) is 10.3. The molecule has 1 aliphatic heterocycles. The van der Waals surface area contributed by atoms with Crippen LogP contribution in [-0.2, 0) is 0 Å². The Kier molecular flexibility index (Phi) is 3.11. The smallest absolute Gasteiger partial charge is 0.119 e. The van der Waals surface area contributed by atoms with Crippen LogP contribution in [0.4, 0.5) is 5.69 Å². The van der Waals surface area contributed by atoms with Gasteiger partial charge in [-0.3, -0.25) is 0 Å². The summed E-state index contributed by atoms with van der Waals surface area (Å²) >= 11 is 0. The largest absolute Gasteiger partial charge is 0.497 e. The van der Waals surface area contributed by atoms with E-state index in [9.17, 15) is 0 Å². The van der Waals surface area contributed by atoms with Crippen LogP contribution in [0.15, 0.2) is 24.3 Å². The molecule has 3 heteroatoms. The highest BCUT2D eigenvalue weighted by molar-refractivity contribution is 5.50. The summed E-state index contributed by atoms with van der Waals surface area (Å²) in [4.78, 5) is 2.39. The van der Waals surface area contributed by atoms with Crippen molar-refractivity contribution in [3.05, 3.63) is 24.3 Å². The molecule has 1 atom stereocenters. The fourth-order valence-electron chi connectivity index (χ4n) is 2.19. The highest BCUT2D eigenvalue weighted by Crippen LogP contribution is 2.26. The van der Waals surface area contributed by atoms with Gasteiger partial charge in [-0.25, -0.2) is 0 Å².